The van der Waals surface area contributed by atoms with Gasteiger partial charge in [-0.1, -0.05) is 6.07 Å². The topological polar surface area (TPSA) is 26.0 Å². The summed E-state index contributed by atoms with van der Waals surface area (Å²) in [5.74, 6) is -0.0887. The summed E-state index contributed by atoms with van der Waals surface area (Å²) in [6, 6.07) is 3.86. The van der Waals surface area contributed by atoms with Crippen LogP contribution >= 0.6 is 12.4 Å². The average molecular weight is 216 g/mol. The van der Waals surface area contributed by atoms with E-state index < -0.39 is 0 Å². The lowest BCUT2D eigenvalue weighted by molar-refractivity contribution is 0.563. The van der Waals surface area contributed by atoms with E-state index in [0.717, 1.165) is 30.4 Å². The van der Waals surface area contributed by atoms with Crippen molar-refractivity contribution in [3.8, 4) is 0 Å². The van der Waals surface area contributed by atoms with Gasteiger partial charge >= 0.3 is 0 Å². The van der Waals surface area contributed by atoms with E-state index in [4.69, 9.17) is 5.73 Å². The van der Waals surface area contributed by atoms with E-state index in [1.165, 1.54) is 5.56 Å². The third-order valence-corrected chi connectivity index (χ3v) is 2.75. The molecule has 1 atom stereocenters. The summed E-state index contributed by atoms with van der Waals surface area (Å²) in [6.45, 7) is 1.80. The van der Waals surface area contributed by atoms with Crippen molar-refractivity contribution < 1.29 is 4.39 Å². The zero-order chi connectivity index (χ0) is 9.42. The van der Waals surface area contributed by atoms with Crippen LogP contribution in [-0.4, -0.2) is 6.04 Å². The molecule has 0 fully saturated rings. The van der Waals surface area contributed by atoms with Gasteiger partial charge in [-0.15, -0.1) is 12.4 Å². The molecule has 0 amide bonds. The van der Waals surface area contributed by atoms with Crippen LogP contribution in [0.1, 0.15) is 23.1 Å². The van der Waals surface area contributed by atoms with Gasteiger partial charge in [0.05, 0.1) is 0 Å². The average Bonchev–Trinajstić information content (AvgIpc) is 2.08. The Labute approximate surface area is 89.9 Å². The van der Waals surface area contributed by atoms with Crippen molar-refractivity contribution in [2.24, 2.45) is 5.73 Å². The molecule has 0 bridgehead atoms. The van der Waals surface area contributed by atoms with Crippen molar-refractivity contribution in [2.75, 3.05) is 0 Å². The van der Waals surface area contributed by atoms with E-state index in [1.54, 1.807) is 13.0 Å². The molecule has 1 aliphatic rings. The van der Waals surface area contributed by atoms with Crippen molar-refractivity contribution in [1.82, 2.24) is 0 Å². The van der Waals surface area contributed by atoms with Gasteiger partial charge in [-0.05, 0) is 48.9 Å². The number of halogens is 2. The second-order valence-electron chi connectivity index (χ2n) is 3.87. The van der Waals surface area contributed by atoms with Crippen LogP contribution in [0.4, 0.5) is 4.39 Å². The van der Waals surface area contributed by atoms with Crippen LogP contribution < -0.4 is 5.73 Å². The molecule has 3 heteroatoms. The van der Waals surface area contributed by atoms with Crippen LogP contribution in [-0.2, 0) is 12.8 Å². The highest BCUT2D eigenvalue weighted by Crippen LogP contribution is 2.23. The molecule has 0 aliphatic heterocycles. The molecule has 0 saturated carbocycles. The van der Waals surface area contributed by atoms with E-state index in [1.807, 2.05) is 6.07 Å². The van der Waals surface area contributed by atoms with Crippen LogP contribution in [0.5, 0.6) is 0 Å². The van der Waals surface area contributed by atoms with Crippen LogP contribution in [0.2, 0.25) is 0 Å². The minimum atomic E-state index is -0.0887. The molecule has 0 saturated heterocycles. The molecule has 0 heterocycles. The molecule has 1 aliphatic carbocycles. The predicted molar refractivity (Wildman–Crippen MR) is 58.4 cm³/mol. The maximum atomic E-state index is 13.2. The van der Waals surface area contributed by atoms with Crippen LogP contribution in [0, 0.1) is 12.7 Å². The quantitative estimate of drug-likeness (QED) is 0.707. The Bertz CT molecular complexity index is 338. The van der Waals surface area contributed by atoms with Gasteiger partial charge in [0.2, 0.25) is 0 Å². The van der Waals surface area contributed by atoms with Gasteiger partial charge in [-0.25, -0.2) is 4.39 Å². The second-order valence-corrected chi connectivity index (χ2v) is 3.87. The van der Waals surface area contributed by atoms with E-state index in [9.17, 15) is 4.39 Å². The van der Waals surface area contributed by atoms with Gasteiger partial charge in [0.1, 0.15) is 5.82 Å². The Morgan fingerprint density at radius 3 is 2.79 bits per heavy atom. The van der Waals surface area contributed by atoms with Crippen LogP contribution in [0.15, 0.2) is 12.1 Å². The molecule has 0 aromatic heterocycles. The van der Waals surface area contributed by atoms with E-state index in [2.05, 4.69) is 0 Å². The second kappa shape index (κ2) is 4.28. The number of fused-ring (bicyclic) bond motifs is 1. The summed E-state index contributed by atoms with van der Waals surface area (Å²) >= 11 is 0. The number of hydrogen-bond acceptors (Lipinski definition) is 1. The van der Waals surface area contributed by atoms with E-state index >= 15 is 0 Å². The fraction of sp³-hybridized carbons (Fsp3) is 0.455. The maximum absolute atomic E-state index is 13.2. The number of rotatable bonds is 0. The maximum Gasteiger partial charge on any atom is 0.126 e. The molecular weight excluding hydrogens is 201 g/mol. The zero-order valence-corrected chi connectivity index (χ0v) is 9.03. The molecule has 14 heavy (non-hydrogen) atoms. The van der Waals surface area contributed by atoms with Crippen molar-refractivity contribution in [2.45, 2.75) is 32.2 Å². The first-order valence-electron chi connectivity index (χ1n) is 4.70. The third kappa shape index (κ3) is 2.07. The first-order chi connectivity index (χ1) is 6.16. The van der Waals surface area contributed by atoms with Gasteiger partial charge in [0, 0.05) is 6.04 Å². The minimum Gasteiger partial charge on any atom is -0.327 e. The van der Waals surface area contributed by atoms with Crippen LogP contribution in [0.25, 0.3) is 0 Å². The Balaban J connectivity index is 0.000000980. The summed E-state index contributed by atoms with van der Waals surface area (Å²) < 4.78 is 13.2. The Kier molecular flexibility index (Phi) is 3.51. The normalized spacial score (nSPS) is 19.8. The predicted octanol–water partition coefficient (Wildman–Crippen LogP) is 2.37. The fourth-order valence-corrected chi connectivity index (χ4v) is 1.93. The third-order valence-electron chi connectivity index (χ3n) is 2.75. The Morgan fingerprint density at radius 1 is 1.36 bits per heavy atom. The highest BCUT2D eigenvalue weighted by Gasteiger charge is 2.16. The van der Waals surface area contributed by atoms with Gasteiger partial charge in [-0.2, -0.15) is 0 Å². The minimum absolute atomic E-state index is 0. The summed E-state index contributed by atoms with van der Waals surface area (Å²) in [4.78, 5) is 0. The van der Waals surface area contributed by atoms with Crippen LogP contribution in [0.3, 0.4) is 0 Å². The molecular formula is C11H15ClFN. The molecule has 78 valence electrons. The first-order valence-corrected chi connectivity index (χ1v) is 4.70. The number of hydrogen-bond donors (Lipinski definition) is 1. The lowest BCUT2D eigenvalue weighted by Gasteiger charge is -2.21. The van der Waals surface area contributed by atoms with Crippen molar-refractivity contribution >= 4 is 12.4 Å². The largest absolute Gasteiger partial charge is 0.327 e. The molecule has 0 radical (unpaired) electrons. The summed E-state index contributed by atoms with van der Waals surface area (Å²) in [7, 11) is 0. The van der Waals surface area contributed by atoms with Crippen molar-refractivity contribution in [1.29, 1.82) is 0 Å². The molecule has 0 unspecified atom stereocenters. The molecule has 1 aromatic carbocycles. The van der Waals surface area contributed by atoms with Crippen molar-refractivity contribution in [3.63, 3.8) is 0 Å². The number of nitrogens with two attached hydrogens (primary N) is 1. The molecule has 1 nitrogen and oxygen atoms in total. The Hall–Kier alpha value is -0.600. The SMILES string of the molecule is Cc1cc2c(cc1F)CC[C@@H](N)C2.Cl. The lowest BCUT2D eigenvalue weighted by atomic mass is 9.87. The van der Waals surface area contributed by atoms with Gasteiger partial charge in [0.15, 0.2) is 0 Å². The standard InChI is InChI=1S/C11H14FN.ClH/c1-7-4-9-5-10(13)3-2-8(9)6-11(7)12;/h4,6,10H,2-3,5,13H2,1H3;1H/t10-;/m1./s1. The van der Waals surface area contributed by atoms with Gasteiger partial charge < -0.3 is 5.73 Å². The summed E-state index contributed by atoms with van der Waals surface area (Å²) in [5, 5.41) is 0. The van der Waals surface area contributed by atoms with Gasteiger partial charge in [0.25, 0.3) is 0 Å². The summed E-state index contributed by atoms with van der Waals surface area (Å²) in [5.41, 5.74) is 8.95. The molecule has 2 N–H and O–H groups in total. The summed E-state index contributed by atoms with van der Waals surface area (Å²) in [6.07, 6.45) is 2.81. The molecule has 1 aromatic rings. The smallest absolute Gasteiger partial charge is 0.126 e. The lowest BCUT2D eigenvalue weighted by Crippen LogP contribution is -2.28. The first kappa shape index (κ1) is 11.5. The number of aryl methyl sites for hydroxylation is 2. The van der Waals surface area contributed by atoms with E-state index in [0.29, 0.717) is 0 Å². The Morgan fingerprint density at radius 2 is 2.07 bits per heavy atom. The monoisotopic (exact) mass is 215 g/mol. The zero-order valence-electron chi connectivity index (χ0n) is 8.22. The molecule has 2 rings (SSSR count). The number of benzene rings is 1. The van der Waals surface area contributed by atoms with E-state index in [-0.39, 0.29) is 24.3 Å². The fourth-order valence-electron chi connectivity index (χ4n) is 1.93. The highest BCUT2D eigenvalue weighted by molar-refractivity contribution is 5.85. The molecule has 0 spiro atoms. The highest BCUT2D eigenvalue weighted by atomic mass is 35.5. The van der Waals surface area contributed by atoms with Gasteiger partial charge in [-0.3, -0.25) is 0 Å². The van der Waals surface area contributed by atoms with Crippen molar-refractivity contribution in [3.05, 3.63) is 34.6 Å².